The monoisotopic (exact) mass is 242 g/mol. The first-order chi connectivity index (χ1) is 7.91. The highest BCUT2D eigenvalue weighted by molar-refractivity contribution is 5.67. The second-order valence-electron chi connectivity index (χ2n) is 4.10. The van der Waals surface area contributed by atoms with Crippen LogP contribution in [0.2, 0.25) is 0 Å². The Morgan fingerprint density at radius 1 is 1.35 bits per heavy atom. The van der Waals surface area contributed by atoms with Crippen LogP contribution in [0.25, 0.3) is 0 Å². The fourth-order valence-corrected chi connectivity index (χ4v) is 2.08. The molecule has 17 heavy (non-hydrogen) atoms. The van der Waals surface area contributed by atoms with Gasteiger partial charge in [0, 0.05) is 11.3 Å². The Balaban J connectivity index is 2.54. The quantitative estimate of drug-likeness (QED) is 0.823. The lowest BCUT2D eigenvalue weighted by atomic mass is 10.0. The maximum absolute atomic E-state index is 12.8. The average molecular weight is 242 g/mol. The molecule has 0 saturated heterocycles. The first-order valence-corrected chi connectivity index (χ1v) is 5.16. The van der Waals surface area contributed by atoms with E-state index in [1.165, 1.54) is 0 Å². The van der Waals surface area contributed by atoms with Gasteiger partial charge in [0.05, 0.1) is 13.1 Å². The summed E-state index contributed by atoms with van der Waals surface area (Å²) in [6.07, 6.45) is -3.77. The molecule has 1 N–H and O–H groups in total. The minimum absolute atomic E-state index is 0.00153. The molecule has 0 bridgehead atoms. The van der Waals surface area contributed by atoms with Crippen molar-refractivity contribution in [2.24, 2.45) is 0 Å². The number of fused-ring (bicyclic) bond motifs is 1. The number of alkyl halides is 2. The Labute approximate surface area is 96.9 Å². The Bertz CT molecular complexity index is 489. The number of rotatable bonds is 1. The molecule has 0 aromatic carbocycles. The molecule has 1 aliphatic heterocycles. The lowest BCUT2D eigenvalue weighted by Gasteiger charge is -2.10. The van der Waals surface area contributed by atoms with Gasteiger partial charge in [-0.2, -0.15) is 0 Å². The summed E-state index contributed by atoms with van der Waals surface area (Å²) >= 11 is 0. The van der Waals surface area contributed by atoms with Gasteiger partial charge in [-0.15, -0.1) is 0 Å². The van der Waals surface area contributed by atoms with E-state index in [1.807, 2.05) is 0 Å². The zero-order valence-corrected chi connectivity index (χ0v) is 9.50. The third-order valence-electron chi connectivity index (χ3n) is 3.13. The number of amides is 1. The SMILES string of the molecule is Cc1nc(C(F)F)c2c(c1C)CN(C(=O)O)C2. The molecule has 0 radical (unpaired) electrons. The molecule has 2 heterocycles. The zero-order chi connectivity index (χ0) is 12.7. The smallest absolute Gasteiger partial charge is 0.407 e. The number of aromatic nitrogens is 1. The fraction of sp³-hybridized carbons (Fsp3) is 0.455. The van der Waals surface area contributed by atoms with E-state index >= 15 is 0 Å². The second kappa shape index (κ2) is 3.94. The maximum atomic E-state index is 12.8. The molecule has 1 aromatic heterocycles. The van der Waals surface area contributed by atoms with Crippen molar-refractivity contribution in [3.8, 4) is 0 Å². The van der Waals surface area contributed by atoms with E-state index in [0.29, 0.717) is 16.8 Å². The number of carboxylic acid groups (broad SMARTS) is 1. The largest absolute Gasteiger partial charge is 0.465 e. The molecule has 1 aromatic rings. The van der Waals surface area contributed by atoms with Gasteiger partial charge in [-0.1, -0.05) is 0 Å². The van der Waals surface area contributed by atoms with Crippen molar-refractivity contribution in [1.82, 2.24) is 9.88 Å². The number of halogens is 2. The van der Waals surface area contributed by atoms with Gasteiger partial charge in [0.1, 0.15) is 5.69 Å². The van der Waals surface area contributed by atoms with E-state index in [1.54, 1.807) is 13.8 Å². The number of hydrogen-bond acceptors (Lipinski definition) is 2. The van der Waals surface area contributed by atoms with Crippen LogP contribution in [0, 0.1) is 13.8 Å². The average Bonchev–Trinajstić information content (AvgIpc) is 2.67. The molecule has 6 heteroatoms. The predicted octanol–water partition coefficient (Wildman–Crippen LogP) is 2.63. The molecule has 92 valence electrons. The van der Waals surface area contributed by atoms with Crippen LogP contribution in [-0.2, 0) is 13.1 Å². The molecule has 0 aliphatic carbocycles. The Morgan fingerprint density at radius 2 is 1.94 bits per heavy atom. The molecule has 0 spiro atoms. The minimum Gasteiger partial charge on any atom is -0.465 e. The Hall–Kier alpha value is -1.72. The third-order valence-corrected chi connectivity index (χ3v) is 3.13. The van der Waals surface area contributed by atoms with Crippen molar-refractivity contribution in [2.75, 3.05) is 0 Å². The Kier molecular flexibility index (Phi) is 2.73. The highest BCUT2D eigenvalue weighted by Crippen LogP contribution is 2.33. The summed E-state index contributed by atoms with van der Waals surface area (Å²) in [5.41, 5.74) is 2.09. The van der Waals surface area contributed by atoms with Crippen LogP contribution in [0.4, 0.5) is 13.6 Å². The topological polar surface area (TPSA) is 53.4 Å². The van der Waals surface area contributed by atoms with Crippen LogP contribution in [0.5, 0.6) is 0 Å². The van der Waals surface area contributed by atoms with Gasteiger partial charge in [-0.25, -0.2) is 13.6 Å². The maximum Gasteiger partial charge on any atom is 0.407 e. The van der Waals surface area contributed by atoms with Gasteiger partial charge < -0.3 is 5.11 Å². The van der Waals surface area contributed by atoms with E-state index in [9.17, 15) is 13.6 Å². The molecule has 1 amide bonds. The molecule has 4 nitrogen and oxygen atoms in total. The van der Waals surface area contributed by atoms with Crippen molar-refractivity contribution in [3.63, 3.8) is 0 Å². The summed E-state index contributed by atoms with van der Waals surface area (Å²) in [5, 5.41) is 8.89. The van der Waals surface area contributed by atoms with E-state index < -0.39 is 12.5 Å². The summed E-state index contributed by atoms with van der Waals surface area (Å²) < 4.78 is 25.7. The second-order valence-corrected chi connectivity index (χ2v) is 4.10. The number of carbonyl (C=O) groups is 1. The lowest BCUT2D eigenvalue weighted by molar-refractivity contribution is 0.138. The number of hydrogen-bond donors (Lipinski definition) is 1. The number of nitrogens with zero attached hydrogens (tertiary/aromatic N) is 2. The molecule has 1 aliphatic rings. The van der Waals surface area contributed by atoms with Gasteiger partial charge in [0.2, 0.25) is 0 Å². The van der Waals surface area contributed by atoms with E-state index in [2.05, 4.69) is 4.98 Å². The predicted molar refractivity (Wildman–Crippen MR) is 55.9 cm³/mol. The van der Waals surface area contributed by atoms with Crippen LogP contribution in [0.1, 0.15) is 34.5 Å². The minimum atomic E-state index is -2.67. The highest BCUT2D eigenvalue weighted by Gasteiger charge is 2.30. The fourth-order valence-electron chi connectivity index (χ4n) is 2.08. The molecule has 0 fully saturated rings. The van der Waals surface area contributed by atoms with E-state index in [0.717, 1.165) is 10.5 Å². The van der Waals surface area contributed by atoms with Gasteiger partial charge >= 0.3 is 6.09 Å². The van der Waals surface area contributed by atoms with Gasteiger partial charge in [0.15, 0.2) is 0 Å². The molecular formula is C11H12F2N2O2. The van der Waals surface area contributed by atoms with Crippen molar-refractivity contribution in [1.29, 1.82) is 0 Å². The normalized spacial score (nSPS) is 14.3. The first-order valence-electron chi connectivity index (χ1n) is 5.16. The van der Waals surface area contributed by atoms with Crippen LogP contribution in [-0.4, -0.2) is 21.1 Å². The third kappa shape index (κ3) is 1.83. The van der Waals surface area contributed by atoms with Gasteiger partial charge in [-0.05, 0) is 25.0 Å². The van der Waals surface area contributed by atoms with Crippen LogP contribution < -0.4 is 0 Å². The van der Waals surface area contributed by atoms with Crippen molar-refractivity contribution in [3.05, 3.63) is 28.1 Å². The van der Waals surface area contributed by atoms with Gasteiger partial charge in [-0.3, -0.25) is 9.88 Å². The Morgan fingerprint density at radius 3 is 2.47 bits per heavy atom. The summed E-state index contributed by atoms with van der Waals surface area (Å²) in [5.74, 6) is 0. The molecule has 2 rings (SSSR count). The van der Waals surface area contributed by atoms with Crippen LogP contribution in [0.3, 0.4) is 0 Å². The molecule has 0 unspecified atom stereocenters. The van der Waals surface area contributed by atoms with Crippen LogP contribution in [0.15, 0.2) is 0 Å². The summed E-state index contributed by atoms with van der Waals surface area (Å²) in [4.78, 5) is 15.8. The van der Waals surface area contributed by atoms with Gasteiger partial charge in [0.25, 0.3) is 6.43 Å². The van der Waals surface area contributed by atoms with Crippen LogP contribution >= 0.6 is 0 Å². The summed E-state index contributed by atoms with van der Waals surface area (Å²) in [6, 6.07) is 0. The summed E-state index contributed by atoms with van der Waals surface area (Å²) in [6.45, 7) is 3.60. The number of pyridine rings is 1. The van der Waals surface area contributed by atoms with E-state index in [-0.39, 0.29) is 18.8 Å². The standard InChI is InChI=1S/C11H12F2N2O2/c1-5-6(2)14-9(10(12)13)8-4-15(11(16)17)3-7(5)8/h10H,3-4H2,1-2H3,(H,16,17). The lowest BCUT2D eigenvalue weighted by Crippen LogP contribution is -2.22. The zero-order valence-electron chi connectivity index (χ0n) is 9.50. The molecule has 0 saturated carbocycles. The highest BCUT2D eigenvalue weighted by atomic mass is 19.3. The number of aryl methyl sites for hydroxylation is 1. The molecular weight excluding hydrogens is 230 g/mol. The van der Waals surface area contributed by atoms with Crippen molar-refractivity contribution < 1.29 is 18.7 Å². The van der Waals surface area contributed by atoms with E-state index in [4.69, 9.17) is 5.11 Å². The summed E-state index contributed by atoms with van der Waals surface area (Å²) in [7, 11) is 0. The first kappa shape index (κ1) is 11.8. The molecule has 0 atom stereocenters. The van der Waals surface area contributed by atoms with Crippen molar-refractivity contribution in [2.45, 2.75) is 33.4 Å². The van der Waals surface area contributed by atoms with Crippen molar-refractivity contribution >= 4 is 6.09 Å².